The predicted octanol–water partition coefficient (Wildman–Crippen LogP) is 8.46. The van der Waals surface area contributed by atoms with Crippen molar-refractivity contribution in [2.45, 2.75) is 79.7 Å². The van der Waals surface area contributed by atoms with E-state index in [1.165, 1.54) is 33.7 Å². The van der Waals surface area contributed by atoms with Crippen LogP contribution >= 0.6 is 0 Å². The van der Waals surface area contributed by atoms with Crippen molar-refractivity contribution in [2.75, 3.05) is 0 Å². The summed E-state index contributed by atoms with van der Waals surface area (Å²) in [6.45, 7) is 12.4. The molecule has 184 valence electrons. The summed E-state index contributed by atoms with van der Waals surface area (Å²) in [4.78, 5) is 4.58. The first-order valence-corrected chi connectivity index (χ1v) is 14.3. The van der Waals surface area contributed by atoms with Crippen LogP contribution in [0.15, 0.2) is 98.6 Å². The minimum atomic E-state index is -1.14. The zero-order valence-electron chi connectivity index (χ0n) is 22.0. The summed E-state index contributed by atoms with van der Waals surface area (Å²) in [5, 5.41) is 0. The molecule has 0 saturated heterocycles. The summed E-state index contributed by atoms with van der Waals surface area (Å²) < 4.78 is 14.2. The molecule has 4 aliphatic rings. The predicted molar refractivity (Wildman–Crippen MR) is 149 cm³/mol. The van der Waals surface area contributed by atoms with Gasteiger partial charge in [0.2, 0.25) is 0 Å². The van der Waals surface area contributed by atoms with E-state index in [-0.39, 0.29) is 10.8 Å². The van der Waals surface area contributed by atoms with Gasteiger partial charge >= 0.3 is 0 Å². The second-order valence-electron chi connectivity index (χ2n) is 11.8. The number of benzene rings is 1. The maximum atomic E-state index is 14.2. The molecule has 3 heteroatoms. The van der Waals surface area contributed by atoms with Crippen molar-refractivity contribution in [3.63, 3.8) is 0 Å². The second kappa shape index (κ2) is 9.24. The fourth-order valence-corrected chi connectivity index (χ4v) is 7.48. The van der Waals surface area contributed by atoms with Crippen molar-refractivity contribution in [1.29, 1.82) is 0 Å². The summed E-state index contributed by atoms with van der Waals surface area (Å²) in [7, 11) is -1.14. The van der Waals surface area contributed by atoms with Crippen LogP contribution in [0.5, 0.6) is 0 Å². The van der Waals surface area contributed by atoms with E-state index in [0.29, 0.717) is 0 Å². The normalized spacial score (nSPS) is 22.9. The van der Waals surface area contributed by atoms with Gasteiger partial charge in [-0.25, -0.2) is 4.21 Å². The highest BCUT2D eigenvalue weighted by molar-refractivity contribution is 7.93. The SMILES string of the molecule is CC(C)(C)C1=CC2=C(CC1)N(Cc1ccccc1)C1=C(C=C(C(C)(C)C3=CC=CCC3)CC1)S2=O. The van der Waals surface area contributed by atoms with Crippen LogP contribution in [0.2, 0.25) is 0 Å². The molecule has 0 amide bonds. The Balaban J connectivity index is 1.59. The van der Waals surface area contributed by atoms with Gasteiger partial charge in [0.25, 0.3) is 0 Å². The lowest BCUT2D eigenvalue weighted by Crippen LogP contribution is -2.33. The summed E-state index contributed by atoms with van der Waals surface area (Å²) in [6, 6.07) is 10.7. The Labute approximate surface area is 214 Å². The van der Waals surface area contributed by atoms with Crippen LogP contribution in [0.4, 0.5) is 0 Å². The fraction of sp³-hybridized carbons (Fsp3) is 0.438. The van der Waals surface area contributed by atoms with Gasteiger partial charge in [-0.3, -0.25) is 0 Å². The van der Waals surface area contributed by atoms with Gasteiger partial charge in [0.1, 0.15) is 0 Å². The zero-order chi connectivity index (χ0) is 24.8. The summed E-state index contributed by atoms with van der Waals surface area (Å²) >= 11 is 0. The molecule has 0 radical (unpaired) electrons. The molecule has 2 nitrogen and oxygen atoms in total. The minimum Gasteiger partial charge on any atom is -0.342 e. The Hall–Kier alpha value is -2.39. The molecule has 1 unspecified atom stereocenters. The molecule has 0 fully saturated rings. The van der Waals surface area contributed by atoms with Crippen molar-refractivity contribution in [2.24, 2.45) is 10.8 Å². The lowest BCUT2D eigenvalue weighted by atomic mass is 9.71. The number of rotatable bonds is 4. The molecule has 0 aromatic heterocycles. The quantitative estimate of drug-likeness (QED) is 0.426. The van der Waals surface area contributed by atoms with Gasteiger partial charge in [-0.05, 0) is 61.7 Å². The fourth-order valence-electron chi connectivity index (χ4n) is 5.89. The average molecular weight is 486 g/mol. The van der Waals surface area contributed by atoms with Gasteiger partial charge in [0.15, 0.2) is 0 Å². The third kappa shape index (κ3) is 4.60. The summed E-state index contributed by atoms with van der Waals surface area (Å²) in [5.74, 6) is 0. The highest BCUT2D eigenvalue weighted by Crippen LogP contribution is 2.49. The molecule has 0 saturated carbocycles. The van der Waals surface area contributed by atoms with Crippen molar-refractivity contribution in [3.05, 3.63) is 104 Å². The van der Waals surface area contributed by atoms with Crippen LogP contribution in [0, 0.1) is 10.8 Å². The maximum Gasteiger partial charge on any atom is 0.0885 e. The smallest absolute Gasteiger partial charge is 0.0885 e. The first-order valence-electron chi connectivity index (χ1n) is 13.1. The van der Waals surface area contributed by atoms with E-state index < -0.39 is 10.8 Å². The summed E-state index contributed by atoms with van der Waals surface area (Å²) in [5.41, 5.74) is 8.26. The maximum absolute atomic E-state index is 14.2. The van der Waals surface area contributed by atoms with Gasteiger partial charge in [-0.15, -0.1) is 0 Å². The third-order valence-corrected chi connectivity index (χ3v) is 9.77. The number of hydrogen-bond acceptors (Lipinski definition) is 2. The zero-order valence-corrected chi connectivity index (χ0v) is 22.8. The topological polar surface area (TPSA) is 20.3 Å². The van der Waals surface area contributed by atoms with Crippen molar-refractivity contribution in [1.82, 2.24) is 4.90 Å². The van der Waals surface area contributed by atoms with Gasteiger partial charge < -0.3 is 4.90 Å². The van der Waals surface area contributed by atoms with Crippen molar-refractivity contribution >= 4 is 10.8 Å². The lowest BCUT2D eigenvalue weighted by Gasteiger charge is -2.42. The number of nitrogens with zero attached hydrogens (tertiary/aromatic N) is 1. The molecule has 1 aromatic carbocycles. The first kappa shape index (κ1) is 24.3. The molecule has 1 aromatic rings. The molecule has 35 heavy (non-hydrogen) atoms. The van der Waals surface area contributed by atoms with Gasteiger partial charge in [-0.2, -0.15) is 0 Å². The van der Waals surface area contributed by atoms with E-state index in [9.17, 15) is 4.21 Å². The van der Waals surface area contributed by atoms with E-state index in [2.05, 4.69) is 100 Å². The molecule has 5 rings (SSSR count). The largest absolute Gasteiger partial charge is 0.342 e. The monoisotopic (exact) mass is 485 g/mol. The molecule has 0 N–H and O–H groups in total. The van der Waals surface area contributed by atoms with Crippen molar-refractivity contribution < 1.29 is 4.21 Å². The second-order valence-corrected chi connectivity index (χ2v) is 13.3. The highest BCUT2D eigenvalue weighted by Gasteiger charge is 2.38. The number of hydrogen-bond donors (Lipinski definition) is 0. The number of allylic oxidation sites excluding steroid dienone is 10. The molecule has 0 spiro atoms. The lowest BCUT2D eigenvalue weighted by molar-refractivity contribution is 0.366. The Morgan fingerprint density at radius 2 is 1.43 bits per heavy atom. The molecule has 1 heterocycles. The van der Waals surface area contributed by atoms with Crippen molar-refractivity contribution in [3.8, 4) is 0 Å². The molecule has 0 bridgehead atoms. The molecular formula is C32H39NOS. The Kier molecular flexibility index (Phi) is 6.42. The molecule has 1 aliphatic heterocycles. The van der Waals surface area contributed by atoms with Crippen LogP contribution in [-0.4, -0.2) is 9.11 Å². The summed E-state index contributed by atoms with van der Waals surface area (Å²) in [6.07, 6.45) is 17.6. The van der Waals surface area contributed by atoms with E-state index >= 15 is 0 Å². The van der Waals surface area contributed by atoms with E-state index in [0.717, 1.165) is 54.9 Å². The standard InChI is InChI=1S/C32H39NOS/c1-31(2,3)25-16-18-27-29(20-25)35(34)30-21-26(32(4,5)24-14-10-7-11-15-24)17-19-28(30)33(27)22-23-12-8-6-9-13-23/h6-10,12-14,20-21H,11,15-19,22H2,1-5H3. The van der Waals surface area contributed by atoms with Gasteiger partial charge in [0, 0.05) is 23.4 Å². The van der Waals surface area contributed by atoms with Crippen LogP contribution in [0.3, 0.4) is 0 Å². The first-order chi connectivity index (χ1) is 16.7. The van der Waals surface area contributed by atoms with E-state index in [1.54, 1.807) is 0 Å². The van der Waals surface area contributed by atoms with Crippen LogP contribution < -0.4 is 0 Å². The minimum absolute atomic E-state index is 0.00855. The van der Waals surface area contributed by atoms with Crippen LogP contribution in [0.25, 0.3) is 0 Å². The highest BCUT2D eigenvalue weighted by atomic mass is 32.2. The van der Waals surface area contributed by atoms with Crippen LogP contribution in [-0.2, 0) is 17.3 Å². The third-order valence-electron chi connectivity index (χ3n) is 8.26. The average Bonchev–Trinajstić information content (AvgIpc) is 2.86. The van der Waals surface area contributed by atoms with Gasteiger partial charge in [-0.1, -0.05) is 99.9 Å². The van der Waals surface area contributed by atoms with Gasteiger partial charge in [0.05, 0.1) is 20.6 Å². The Morgan fingerprint density at radius 1 is 0.800 bits per heavy atom. The van der Waals surface area contributed by atoms with E-state index in [1.807, 2.05) is 0 Å². The van der Waals surface area contributed by atoms with E-state index in [4.69, 9.17) is 0 Å². The molecule has 3 aliphatic carbocycles. The molecule has 1 atom stereocenters. The Bertz CT molecular complexity index is 1230. The Morgan fingerprint density at radius 3 is 2.03 bits per heavy atom. The molecular weight excluding hydrogens is 446 g/mol. The van der Waals surface area contributed by atoms with Crippen LogP contribution in [0.1, 0.15) is 78.7 Å².